The van der Waals surface area contributed by atoms with E-state index < -0.39 is 108 Å². The van der Waals surface area contributed by atoms with Crippen LogP contribution in [0.15, 0.2) is 77.1 Å². The summed E-state index contributed by atoms with van der Waals surface area (Å²) in [5.41, 5.74) is 5.45. The number of aromatic hydroxyl groups is 2. The van der Waals surface area contributed by atoms with E-state index in [0.717, 1.165) is 23.5 Å². The van der Waals surface area contributed by atoms with Crippen LogP contribution in [0.5, 0.6) is 23.0 Å². The Morgan fingerprint density at radius 3 is 2.34 bits per heavy atom. The number of aromatic nitrogens is 1. The number of methoxy groups -OCH3 is 1. The number of nitrogens with two attached hydrogens (primary N) is 1. The molecule has 384 valence electrons. The normalized spacial score (nSPS) is 27.5. The van der Waals surface area contributed by atoms with Crippen LogP contribution in [0.1, 0.15) is 113 Å². The Kier molecular flexibility index (Phi) is 14.4. The number of phenolic OH excluding ortho intramolecular Hbond substituents is 2. The number of amides is 2. The van der Waals surface area contributed by atoms with Crippen LogP contribution in [0.4, 0.5) is 9.59 Å². The molecule has 2 fully saturated rings. The number of carbonyl (C=O) groups is 5. The molecule has 0 bridgehead atoms. The average molecular weight is 1010 g/mol. The molecule has 10 unspecified atom stereocenters. The number of pyridine rings is 1. The summed E-state index contributed by atoms with van der Waals surface area (Å²) in [6.45, 7) is 2.16. The zero-order valence-electron chi connectivity index (χ0n) is 40.1. The van der Waals surface area contributed by atoms with Crippen LogP contribution >= 0.6 is 0 Å². The zero-order chi connectivity index (χ0) is 51.9. The molecule has 3 heterocycles. The summed E-state index contributed by atoms with van der Waals surface area (Å²) >= 11 is 0. The number of fused-ring (bicyclic) bond motifs is 4. The first-order valence-electron chi connectivity index (χ1n) is 24.0. The SMILES string of the molecule is COc1cccc2c1C(=O)c1c(O)c3c(c(O)c1C2=O)CC(O)(C(=O)CO)CC3OC1CC(NC(=O)OCc2ccc(OC(=O)NC3CCC4C(c5ccccn5)=NN=C(C)C4CCC3N)cc2)C(O)C(C)O1. The van der Waals surface area contributed by atoms with Crippen LogP contribution in [0.3, 0.4) is 0 Å². The summed E-state index contributed by atoms with van der Waals surface area (Å²) in [5.74, 6) is -3.75. The molecular formula is C52H56N6O15. The highest BCUT2D eigenvalue weighted by molar-refractivity contribution is 6.31. The molecule has 2 amide bonds. The van der Waals surface area contributed by atoms with Crippen molar-refractivity contribution in [3.05, 3.63) is 111 Å². The van der Waals surface area contributed by atoms with Gasteiger partial charge in [0.2, 0.25) is 5.78 Å². The standard InChI is InChI=1S/C52H56N6O15/c1-24-28-14-16-32(53)33(17-15-29(28)44(58-57-24)34-8-4-5-18-54-34)55-51(67)72-27-12-10-26(11-13-27)23-70-50(66)56-35-19-39(71-25(2)45(35)61)73-37-21-52(68,38(60)22-59)20-31-41(37)49(65)43-42(47(31)63)46(62)30-7-6-9-36(69-3)40(30)48(43)64/h4-13,18,25,28-29,32-33,35,37,39,45,59,61,63,65,68H,14-17,19-23,53H2,1-3H3,(H,55,67)(H,56,66). The second-order valence-corrected chi connectivity index (χ2v) is 19.1. The molecule has 0 spiro atoms. The summed E-state index contributed by atoms with van der Waals surface area (Å²) in [5, 5.41) is 70.6. The van der Waals surface area contributed by atoms with Crippen molar-refractivity contribution in [2.45, 2.75) is 114 Å². The molecule has 21 nitrogen and oxygen atoms in total. The number of alkyl carbamates (subject to hydrolysis) is 1. The van der Waals surface area contributed by atoms with Gasteiger partial charge in [-0.3, -0.25) is 19.4 Å². The van der Waals surface area contributed by atoms with E-state index in [2.05, 4.69) is 25.8 Å². The Morgan fingerprint density at radius 1 is 0.877 bits per heavy atom. The van der Waals surface area contributed by atoms with Gasteiger partial charge >= 0.3 is 12.2 Å². The maximum absolute atomic E-state index is 14.0. The van der Waals surface area contributed by atoms with E-state index in [1.165, 1.54) is 32.2 Å². The van der Waals surface area contributed by atoms with Crippen molar-refractivity contribution in [3.8, 4) is 23.0 Å². The Balaban J connectivity index is 0.824. The van der Waals surface area contributed by atoms with E-state index in [1.807, 2.05) is 25.1 Å². The van der Waals surface area contributed by atoms with Crippen LogP contribution in [0.25, 0.3) is 0 Å². The maximum atomic E-state index is 14.0. The van der Waals surface area contributed by atoms with Gasteiger partial charge in [-0.1, -0.05) is 30.3 Å². The van der Waals surface area contributed by atoms with Crippen LogP contribution in [-0.4, -0.2) is 127 Å². The molecule has 9 rings (SSSR count). The van der Waals surface area contributed by atoms with E-state index in [9.17, 15) is 49.5 Å². The fourth-order valence-electron chi connectivity index (χ4n) is 10.7. The Hall–Kier alpha value is -7.14. The molecule has 5 aliphatic rings. The molecule has 10 atom stereocenters. The lowest BCUT2D eigenvalue weighted by atomic mass is 9.72. The van der Waals surface area contributed by atoms with Gasteiger partial charge in [0, 0.05) is 71.8 Å². The molecule has 1 aromatic heterocycles. The van der Waals surface area contributed by atoms with Crippen LogP contribution in [0.2, 0.25) is 0 Å². The summed E-state index contributed by atoms with van der Waals surface area (Å²) in [7, 11) is 1.30. The molecule has 9 N–H and O–H groups in total. The predicted octanol–water partition coefficient (Wildman–Crippen LogP) is 3.83. The Labute approximate surface area is 418 Å². The number of phenols is 2. The molecule has 0 radical (unpaired) electrons. The van der Waals surface area contributed by atoms with Crippen molar-refractivity contribution in [2.24, 2.45) is 27.8 Å². The van der Waals surface area contributed by atoms with Gasteiger partial charge in [-0.15, -0.1) is 0 Å². The number of nitrogens with one attached hydrogen (secondary N) is 2. The molecule has 3 aromatic carbocycles. The molecule has 4 aromatic rings. The highest BCUT2D eigenvalue weighted by Crippen LogP contribution is 2.52. The van der Waals surface area contributed by atoms with Gasteiger partial charge in [0.1, 0.15) is 47.9 Å². The molecule has 1 saturated heterocycles. The van der Waals surface area contributed by atoms with Crippen LogP contribution < -0.4 is 25.8 Å². The quantitative estimate of drug-likeness (QED) is 0.0872. The second-order valence-electron chi connectivity index (χ2n) is 19.1. The van der Waals surface area contributed by atoms with Gasteiger partial charge < -0.3 is 65.6 Å². The minimum atomic E-state index is -2.38. The van der Waals surface area contributed by atoms with Crippen molar-refractivity contribution >= 4 is 41.0 Å². The van der Waals surface area contributed by atoms with Gasteiger partial charge in [0.25, 0.3) is 0 Å². The number of hydrogen-bond acceptors (Lipinski definition) is 19. The highest BCUT2D eigenvalue weighted by atomic mass is 16.7. The lowest BCUT2D eigenvalue weighted by molar-refractivity contribution is -0.249. The fourth-order valence-corrected chi connectivity index (χ4v) is 10.7. The molecule has 2 aliphatic heterocycles. The van der Waals surface area contributed by atoms with E-state index in [0.29, 0.717) is 24.8 Å². The summed E-state index contributed by atoms with van der Waals surface area (Å²) in [6.07, 6.45) is -3.81. The lowest BCUT2D eigenvalue weighted by Crippen LogP contribution is -2.56. The predicted molar refractivity (Wildman–Crippen MR) is 258 cm³/mol. The number of ether oxygens (including phenoxy) is 5. The first kappa shape index (κ1) is 50.8. The number of benzene rings is 3. The minimum absolute atomic E-state index is 0.0438. The van der Waals surface area contributed by atoms with Gasteiger partial charge in [-0.2, -0.15) is 10.2 Å². The van der Waals surface area contributed by atoms with Crippen LogP contribution in [-0.2, 0) is 32.0 Å². The van der Waals surface area contributed by atoms with E-state index >= 15 is 0 Å². The second kappa shape index (κ2) is 20.8. The third-order valence-electron chi connectivity index (χ3n) is 14.6. The lowest BCUT2D eigenvalue weighted by Gasteiger charge is -2.42. The van der Waals surface area contributed by atoms with Crippen molar-refractivity contribution in [1.82, 2.24) is 15.6 Å². The topological polar surface area (TPSA) is 320 Å². The molecule has 3 aliphatic carbocycles. The van der Waals surface area contributed by atoms with Crippen molar-refractivity contribution in [2.75, 3.05) is 13.7 Å². The minimum Gasteiger partial charge on any atom is -0.507 e. The maximum Gasteiger partial charge on any atom is 0.412 e. The van der Waals surface area contributed by atoms with E-state index in [1.54, 1.807) is 30.5 Å². The average Bonchev–Trinajstić information content (AvgIpc) is 3.37. The number of Topliss-reactive ketones (excluding diaryl/α,β-unsaturated/α-hetero) is 1. The first-order valence-corrected chi connectivity index (χ1v) is 24.0. The number of hydrogen-bond donors (Lipinski definition) is 8. The molecular weight excluding hydrogens is 949 g/mol. The van der Waals surface area contributed by atoms with Crippen molar-refractivity contribution < 1.29 is 73.2 Å². The number of aliphatic hydroxyl groups excluding tert-OH is 2. The summed E-state index contributed by atoms with van der Waals surface area (Å²) in [6, 6.07) is 14.5. The third kappa shape index (κ3) is 9.90. The number of carbonyl (C=O) groups excluding carboxylic acids is 5. The van der Waals surface area contributed by atoms with Crippen LogP contribution in [0, 0.1) is 11.8 Å². The Morgan fingerprint density at radius 2 is 1.62 bits per heavy atom. The third-order valence-corrected chi connectivity index (χ3v) is 14.6. The van der Waals surface area contributed by atoms with Gasteiger partial charge in [0.15, 0.2) is 17.9 Å². The number of rotatable bonds is 11. The highest BCUT2D eigenvalue weighted by Gasteiger charge is 2.50. The molecule has 73 heavy (non-hydrogen) atoms. The number of nitrogens with zero attached hydrogens (tertiary/aromatic N) is 3. The van der Waals surface area contributed by atoms with Crippen molar-refractivity contribution in [3.63, 3.8) is 0 Å². The molecule has 21 heteroatoms. The first-order chi connectivity index (χ1) is 35.0. The monoisotopic (exact) mass is 1000 g/mol. The smallest absolute Gasteiger partial charge is 0.412 e. The summed E-state index contributed by atoms with van der Waals surface area (Å²) < 4.78 is 28.6. The number of ketones is 3. The Bertz CT molecular complexity index is 2900. The van der Waals surface area contributed by atoms with E-state index in [-0.39, 0.29) is 70.7 Å². The van der Waals surface area contributed by atoms with E-state index in [4.69, 9.17) is 29.4 Å². The zero-order valence-corrected chi connectivity index (χ0v) is 40.1. The van der Waals surface area contributed by atoms with Gasteiger partial charge in [0.05, 0.1) is 53.5 Å². The fraction of sp³-hybridized carbons (Fsp3) is 0.423. The van der Waals surface area contributed by atoms with Gasteiger partial charge in [-0.25, -0.2) is 9.59 Å². The largest absolute Gasteiger partial charge is 0.507 e. The molecule has 1 saturated carbocycles. The van der Waals surface area contributed by atoms with Gasteiger partial charge in [-0.05, 0) is 75.4 Å². The summed E-state index contributed by atoms with van der Waals surface area (Å²) in [4.78, 5) is 71.8. The number of aliphatic hydroxyl groups is 3. The van der Waals surface area contributed by atoms with Crippen molar-refractivity contribution in [1.29, 1.82) is 0 Å².